The summed E-state index contributed by atoms with van der Waals surface area (Å²) in [5.41, 5.74) is 3.58. The van der Waals surface area contributed by atoms with Crippen LogP contribution in [0, 0.1) is 0 Å². The molecule has 0 spiro atoms. The van der Waals surface area contributed by atoms with Crippen LogP contribution >= 0.6 is 11.6 Å². The van der Waals surface area contributed by atoms with Crippen molar-refractivity contribution in [2.24, 2.45) is 7.05 Å². The monoisotopic (exact) mass is 403 g/mol. The molecule has 3 N–H and O–H groups in total. The number of halogens is 1. The zero-order valence-corrected chi connectivity index (χ0v) is 16.4. The fraction of sp³-hybridized carbons (Fsp3) is 0.316. The number of hydrogen-bond acceptors (Lipinski definition) is 4. The molecule has 0 saturated carbocycles. The second-order valence-electron chi connectivity index (χ2n) is 6.68. The van der Waals surface area contributed by atoms with Crippen LogP contribution in [0.1, 0.15) is 24.2 Å². The number of carbonyl (C=O) groups is 2. The van der Waals surface area contributed by atoms with E-state index in [1.54, 1.807) is 17.1 Å². The SMILES string of the molecule is CC1c2[nH]c3ccc(Cl)cc3c2CCN1CC(=O)Nc1cn(C)cn1.O=CO. The highest BCUT2D eigenvalue weighted by Crippen LogP contribution is 2.35. The molecule has 0 bridgehead atoms. The molecule has 0 radical (unpaired) electrons. The highest BCUT2D eigenvalue weighted by molar-refractivity contribution is 6.31. The lowest BCUT2D eigenvalue weighted by Gasteiger charge is -2.32. The smallest absolute Gasteiger partial charge is 0.290 e. The van der Waals surface area contributed by atoms with E-state index >= 15 is 0 Å². The quantitative estimate of drug-likeness (QED) is 0.583. The van der Waals surface area contributed by atoms with Crippen LogP contribution in [0.15, 0.2) is 30.7 Å². The number of aryl methyl sites for hydroxylation is 1. The molecule has 0 fully saturated rings. The van der Waals surface area contributed by atoms with Crippen LogP contribution in [0.5, 0.6) is 0 Å². The van der Waals surface area contributed by atoms with Crippen molar-refractivity contribution in [2.75, 3.05) is 18.4 Å². The van der Waals surface area contributed by atoms with Gasteiger partial charge in [0.2, 0.25) is 5.91 Å². The Morgan fingerprint density at radius 3 is 2.93 bits per heavy atom. The van der Waals surface area contributed by atoms with Gasteiger partial charge in [0.05, 0.1) is 12.9 Å². The van der Waals surface area contributed by atoms with Crippen LogP contribution in [-0.4, -0.2) is 50.0 Å². The number of nitrogens with one attached hydrogen (secondary N) is 2. The maximum absolute atomic E-state index is 12.3. The van der Waals surface area contributed by atoms with Crippen molar-refractivity contribution >= 4 is 40.7 Å². The van der Waals surface area contributed by atoms with E-state index < -0.39 is 0 Å². The molecule has 1 aromatic carbocycles. The number of aromatic nitrogens is 3. The Morgan fingerprint density at radius 1 is 1.50 bits per heavy atom. The van der Waals surface area contributed by atoms with Gasteiger partial charge in [-0.1, -0.05) is 11.6 Å². The van der Waals surface area contributed by atoms with E-state index in [9.17, 15) is 4.79 Å². The summed E-state index contributed by atoms with van der Waals surface area (Å²) in [7, 11) is 1.87. The Bertz CT molecular complexity index is 997. The molecule has 0 aliphatic carbocycles. The maximum Gasteiger partial charge on any atom is 0.290 e. The summed E-state index contributed by atoms with van der Waals surface area (Å²) in [6, 6.07) is 6.07. The van der Waals surface area contributed by atoms with Gasteiger partial charge in [0.25, 0.3) is 6.47 Å². The van der Waals surface area contributed by atoms with Gasteiger partial charge in [-0.3, -0.25) is 14.5 Å². The predicted molar refractivity (Wildman–Crippen MR) is 108 cm³/mol. The van der Waals surface area contributed by atoms with Crippen LogP contribution < -0.4 is 5.32 Å². The summed E-state index contributed by atoms with van der Waals surface area (Å²) >= 11 is 6.15. The van der Waals surface area contributed by atoms with E-state index in [-0.39, 0.29) is 18.4 Å². The van der Waals surface area contributed by atoms with Crippen molar-refractivity contribution in [1.29, 1.82) is 0 Å². The summed E-state index contributed by atoms with van der Waals surface area (Å²) < 4.78 is 1.81. The molecule has 1 aliphatic heterocycles. The van der Waals surface area contributed by atoms with E-state index in [0.29, 0.717) is 12.4 Å². The molecular weight excluding hydrogens is 382 g/mol. The van der Waals surface area contributed by atoms with Crippen molar-refractivity contribution in [3.05, 3.63) is 47.0 Å². The molecule has 1 unspecified atom stereocenters. The summed E-state index contributed by atoms with van der Waals surface area (Å²) in [5.74, 6) is 0.534. The average molecular weight is 404 g/mol. The van der Waals surface area contributed by atoms with E-state index in [4.69, 9.17) is 21.5 Å². The van der Waals surface area contributed by atoms with E-state index in [2.05, 4.69) is 27.1 Å². The van der Waals surface area contributed by atoms with Crippen LogP contribution in [0.3, 0.4) is 0 Å². The van der Waals surface area contributed by atoms with Gasteiger partial charge < -0.3 is 20.0 Å². The Labute approximate surface area is 167 Å². The first-order valence-electron chi connectivity index (χ1n) is 8.82. The Balaban J connectivity index is 0.000000706. The van der Waals surface area contributed by atoms with Crippen LogP contribution in [0.4, 0.5) is 5.82 Å². The van der Waals surface area contributed by atoms with Crippen molar-refractivity contribution < 1.29 is 14.7 Å². The molecule has 9 heteroatoms. The molecular formula is C19H22ClN5O3. The third-order valence-corrected chi connectivity index (χ3v) is 5.07. The topological polar surface area (TPSA) is 103 Å². The standard InChI is InChI=1S/C18H20ClN5O.CH2O2/c1-11-18-13(14-7-12(19)3-4-15(14)21-18)5-6-24(11)9-17(25)22-16-8-23(2)10-20-16;2-1-3/h3-4,7-8,10-11,21H,5-6,9H2,1-2H3,(H,22,25);1H,(H,2,3). The lowest BCUT2D eigenvalue weighted by Crippen LogP contribution is -2.39. The van der Waals surface area contributed by atoms with Crippen LogP contribution in [0.25, 0.3) is 10.9 Å². The molecule has 8 nitrogen and oxygen atoms in total. The number of amides is 1. The van der Waals surface area contributed by atoms with Gasteiger partial charge in [-0.15, -0.1) is 0 Å². The van der Waals surface area contributed by atoms with Gasteiger partial charge in [0.1, 0.15) is 0 Å². The van der Waals surface area contributed by atoms with Gasteiger partial charge in [0, 0.05) is 47.5 Å². The van der Waals surface area contributed by atoms with Gasteiger partial charge in [-0.25, -0.2) is 4.98 Å². The number of benzene rings is 1. The van der Waals surface area contributed by atoms with Crippen molar-refractivity contribution in [2.45, 2.75) is 19.4 Å². The molecule has 148 valence electrons. The minimum atomic E-state index is -0.250. The van der Waals surface area contributed by atoms with Crippen LogP contribution in [0.2, 0.25) is 5.02 Å². The third kappa shape index (κ3) is 4.18. The van der Waals surface area contributed by atoms with E-state index in [0.717, 1.165) is 23.5 Å². The molecule has 4 rings (SSSR count). The number of H-pyrrole nitrogens is 1. The number of aromatic amines is 1. The molecule has 28 heavy (non-hydrogen) atoms. The van der Waals surface area contributed by atoms with Crippen LogP contribution in [-0.2, 0) is 23.1 Å². The molecule has 0 saturated heterocycles. The molecule has 1 aliphatic rings. The Morgan fingerprint density at radius 2 is 2.25 bits per heavy atom. The number of anilines is 1. The first-order valence-corrected chi connectivity index (χ1v) is 9.20. The molecule has 2 aromatic heterocycles. The maximum atomic E-state index is 12.3. The number of hydrogen-bond donors (Lipinski definition) is 3. The highest BCUT2D eigenvalue weighted by atomic mass is 35.5. The lowest BCUT2D eigenvalue weighted by atomic mass is 9.98. The number of nitrogens with zero attached hydrogens (tertiary/aromatic N) is 3. The van der Waals surface area contributed by atoms with Crippen molar-refractivity contribution in [3.8, 4) is 0 Å². The van der Waals surface area contributed by atoms with Gasteiger partial charge in [-0.2, -0.15) is 0 Å². The number of imidazole rings is 1. The number of carbonyl (C=O) groups excluding carboxylic acids is 1. The molecule has 3 aromatic rings. The summed E-state index contributed by atoms with van der Waals surface area (Å²) in [6.45, 7) is 3.06. The van der Waals surface area contributed by atoms with Crippen molar-refractivity contribution in [3.63, 3.8) is 0 Å². The number of fused-ring (bicyclic) bond motifs is 3. The van der Waals surface area contributed by atoms with Gasteiger partial charge in [0.15, 0.2) is 5.82 Å². The number of rotatable bonds is 3. The third-order valence-electron chi connectivity index (χ3n) is 4.83. The van der Waals surface area contributed by atoms with Crippen molar-refractivity contribution in [1.82, 2.24) is 19.4 Å². The summed E-state index contributed by atoms with van der Waals surface area (Å²) in [4.78, 5) is 30.5. The fourth-order valence-corrected chi connectivity index (χ4v) is 3.73. The first-order chi connectivity index (χ1) is 13.4. The second-order valence-corrected chi connectivity index (χ2v) is 7.12. The Hall–Kier alpha value is -2.84. The van der Waals surface area contributed by atoms with Gasteiger partial charge >= 0.3 is 0 Å². The number of carboxylic acid groups (broad SMARTS) is 1. The molecule has 1 atom stereocenters. The Kier molecular flexibility index (Phi) is 6.01. The first kappa shape index (κ1) is 19.9. The van der Waals surface area contributed by atoms with E-state index in [1.807, 2.05) is 25.2 Å². The normalized spacial score (nSPS) is 16.2. The zero-order valence-electron chi connectivity index (χ0n) is 15.6. The zero-order chi connectivity index (χ0) is 20.3. The fourth-order valence-electron chi connectivity index (χ4n) is 3.56. The lowest BCUT2D eigenvalue weighted by molar-refractivity contribution is -0.123. The minimum Gasteiger partial charge on any atom is -0.483 e. The second kappa shape index (κ2) is 8.45. The summed E-state index contributed by atoms with van der Waals surface area (Å²) in [5, 5.41) is 11.7. The predicted octanol–water partition coefficient (Wildman–Crippen LogP) is 2.81. The summed E-state index contributed by atoms with van der Waals surface area (Å²) in [6.07, 6.45) is 4.36. The average Bonchev–Trinajstić information content (AvgIpc) is 3.21. The highest BCUT2D eigenvalue weighted by Gasteiger charge is 2.28. The molecule has 1 amide bonds. The minimum absolute atomic E-state index is 0.0480. The largest absolute Gasteiger partial charge is 0.483 e. The van der Waals surface area contributed by atoms with Gasteiger partial charge in [-0.05, 0) is 37.1 Å². The molecule has 3 heterocycles. The van der Waals surface area contributed by atoms with E-state index in [1.165, 1.54) is 16.6 Å².